The molecule has 3 heterocycles. The molecule has 1 saturated carbocycles. The molecule has 2 aliphatic rings. The molecule has 1 aliphatic heterocycles. The van der Waals surface area contributed by atoms with Gasteiger partial charge in [0.2, 0.25) is 0 Å². The van der Waals surface area contributed by atoms with Crippen LogP contribution < -0.4 is 10.6 Å². The van der Waals surface area contributed by atoms with Gasteiger partial charge in [0.25, 0.3) is 0 Å². The lowest BCUT2D eigenvalue weighted by molar-refractivity contribution is -0.154. The number of methoxy groups -OCH3 is 1. The predicted octanol–water partition coefficient (Wildman–Crippen LogP) is 3.33. The first kappa shape index (κ1) is 24.3. The number of amides is 2. The topological polar surface area (TPSA) is 98.5 Å². The molecule has 36 heavy (non-hydrogen) atoms. The summed E-state index contributed by atoms with van der Waals surface area (Å²) in [5.74, 6) is -1.29. The molecule has 0 spiro atoms. The first-order valence-electron chi connectivity index (χ1n) is 11.8. The van der Waals surface area contributed by atoms with Gasteiger partial charge in [-0.25, -0.2) is 18.3 Å². The number of carbonyl (C=O) groups excluding carboxylic acids is 1. The number of nitrogens with one attached hydrogen (secondary N) is 2. The maximum absolute atomic E-state index is 13.9. The minimum atomic E-state index is -0.971. The van der Waals surface area contributed by atoms with Crippen LogP contribution in [0.5, 0.6) is 0 Å². The fourth-order valence-electron chi connectivity index (χ4n) is 4.41. The Morgan fingerprint density at radius 1 is 1.28 bits per heavy atom. The number of urea groups is 1. The van der Waals surface area contributed by atoms with Gasteiger partial charge in [0.05, 0.1) is 24.9 Å². The lowest BCUT2D eigenvalue weighted by Crippen LogP contribution is -2.42. The lowest BCUT2D eigenvalue weighted by atomic mass is 10.0. The van der Waals surface area contributed by atoms with Crippen LogP contribution in [0.25, 0.3) is 11.3 Å². The minimum Gasteiger partial charge on any atom is -0.383 e. The molecule has 2 N–H and O–H groups in total. The van der Waals surface area contributed by atoms with Crippen LogP contribution in [-0.2, 0) is 16.6 Å². The Morgan fingerprint density at radius 3 is 2.75 bits per heavy atom. The van der Waals surface area contributed by atoms with Crippen molar-refractivity contribution in [3.05, 3.63) is 53.4 Å². The second-order valence-electron chi connectivity index (χ2n) is 9.19. The largest absolute Gasteiger partial charge is 0.383 e. The Kier molecular flexibility index (Phi) is 6.73. The summed E-state index contributed by atoms with van der Waals surface area (Å²) < 4.78 is 36.1. The number of benzene rings is 1. The van der Waals surface area contributed by atoms with Crippen LogP contribution in [0.2, 0.25) is 0 Å². The smallest absolute Gasteiger partial charge is 0.320 e. The van der Waals surface area contributed by atoms with Crippen molar-refractivity contribution in [2.75, 3.05) is 32.1 Å². The van der Waals surface area contributed by atoms with Gasteiger partial charge in [0, 0.05) is 44.6 Å². The number of aromatic nitrogens is 4. The van der Waals surface area contributed by atoms with E-state index < -0.39 is 29.8 Å². The third-order valence-corrected chi connectivity index (χ3v) is 6.41. The average Bonchev–Trinajstić information content (AvgIpc) is 3.36. The van der Waals surface area contributed by atoms with Crippen molar-refractivity contribution in [1.82, 2.24) is 29.9 Å². The molecule has 2 aromatic heterocycles. The standard InChI is InChI=1S/C24H29F2N7O3/c1-14-21(16-11-27-31(2)12-16)30-33(17-5-6-17)23(14)29-24(34)28-20-13-32(8-9-35-3)36-22(20)15-4-7-18(25)19(26)10-15/h4,7,10-12,17,20,22H,5-6,8-9,13H2,1-3H3,(H2,28,29,34)/t20-,22+/m1/s1. The average molecular weight is 502 g/mol. The maximum Gasteiger partial charge on any atom is 0.320 e. The van der Waals surface area contributed by atoms with Gasteiger partial charge in [0.1, 0.15) is 17.6 Å². The van der Waals surface area contributed by atoms with Crippen LogP contribution in [0.3, 0.4) is 0 Å². The number of rotatable bonds is 8. The number of aryl methyl sites for hydroxylation is 1. The number of halogens is 2. The van der Waals surface area contributed by atoms with Crippen LogP contribution in [0.1, 0.15) is 36.1 Å². The van der Waals surface area contributed by atoms with Gasteiger partial charge in [-0.2, -0.15) is 15.3 Å². The van der Waals surface area contributed by atoms with Crippen LogP contribution in [0, 0.1) is 18.6 Å². The fourth-order valence-corrected chi connectivity index (χ4v) is 4.41. The molecule has 10 nitrogen and oxygen atoms in total. The quantitative estimate of drug-likeness (QED) is 0.492. The molecule has 192 valence electrons. The van der Waals surface area contributed by atoms with Gasteiger partial charge in [-0.3, -0.25) is 14.8 Å². The summed E-state index contributed by atoms with van der Waals surface area (Å²) in [7, 11) is 3.42. The Bertz CT molecular complexity index is 1260. The van der Waals surface area contributed by atoms with E-state index in [0.717, 1.165) is 41.8 Å². The van der Waals surface area contributed by atoms with E-state index in [4.69, 9.17) is 14.7 Å². The van der Waals surface area contributed by atoms with Crippen LogP contribution >= 0.6 is 0 Å². The number of carbonyl (C=O) groups is 1. The monoisotopic (exact) mass is 501 g/mol. The number of ether oxygens (including phenoxy) is 1. The van der Waals surface area contributed by atoms with Gasteiger partial charge in [-0.1, -0.05) is 6.07 Å². The molecule has 0 radical (unpaired) electrons. The molecule has 12 heteroatoms. The van der Waals surface area contributed by atoms with Crippen molar-refractivity contribution in [3.8, 4) is 11.3 Å². The molecule has 1 aliphatic carbocycles. The molecule has 3 aromatic rings. The third-order valence-electron chi connectivity index (χ3n) is 6.41. The van der Waals surface area contributed by atoms with Gasteiger partial charge in [-0.05, 0) is 37.5 Å². The fraction of sp³-hybridized carbons (Fsp3) is 0.458. The zero-order chi connectivity index (χ0) is 25.4. The molecule has 1 saturated heterocycles. The third kappa shape index (κ3) is 4.97. The van der Waals surface area contributed by atoms with Crippen molar-refractivity contribution in [1.29, 1.82) is 0 Å². The maximum atomic E-state index is 13.9. The van der Waals surface area contributed by atoms with Crippen molar-refractivity contribution in [2.24, 2.45) is 7.05 Å². The SMILES string of the molecule is COCCN1C[C@@H](NC(=O)Nc2c(C)c(-c3cnn(C)c3)nn2C2CC2)[C@H](c2ccc(F)c(F)c2)O1. The van der Waals surface area contributed by atoms with E-state index in [2.05, 4.69) is 15.7 Å². The van der Waals surface area contributed by atoms with E-state index >= 15 is 0 Å². The molecule has 0 bridgehead atoms. The van der Waals surface area contributed by atoms with Crippen LogP contribution in [0.4, 0.5) is 19.4 Å². The number of hydrogen-bond donors (Lipinski definition) is 2. The lowest BCUT2D eigenvalue weighted by Gasteiger charge is -2.20. The highest BCUT2D eigenvalue weighted by Crippen LogP contribution is 2.40. The van der Waals surface area contributed by atoms with E-state index in [1.165, 1.54) is 6.07 Å². The Balaban J connectivity index is 1.36. The van der Waals surface area contributed by atoms with Gasteiger partial charge in [0.15, 0.2) is 11.6 Å². The Morgan fingerprint density at radius 2 is 2.08 bits per heavy atom. The highest BCUT2D eigenvalue weighted by molar-refractivity contribution is 5.90. The summed E-state index contributed by atoms with van der Waals surface area (Å²) in [5.41, 5.74) is 2.90. The van der Waals surface area contributed by atoms with Crippen molar-refractivity contribution >= 4 is 11.8 Å². The first-order valence-corrected chi connectivity index (χ1v) is 11.8. The first-order chi connectivity index (χ1) is 17.3. The van der Waals surface area contributed by atoms with Crippen LogP contribution in [0.15, 0.2) is 30.6 Å². The van der Waals surface area contributed by atoms with E-state index in [1.54, 1.807) is 23.1 Å². The summed E-state index contributed by atoms with van der Waals surface area (Å²) in [6, 6.07) is 2.90. The van der Waals surface area contributed by atoms with E-state index in [9.17, 15) is 13.6 Å². The highest BCUT2D eigenvalue weighted by atomic mass is 19.2. The number of anilines is 1. The van der Waals surface area contributed by atoms with E-state index in [-0.39, 0.29) is 6.04 Å². The summed E-state index contributed by atoms with van der Waals surface area (Å²) in [5, 5.41) is 16.6. The number of hydrogen-bond acceptors (Lipinski definition) is 6. The molecule has 1 aromatic carbocycles. The molecular weight excluding hydrogens is 472 g/mol. The van der Waals surface area contributed by atoms with Crippen LogP contribution in [-0.4, -0.2) is 63.5 Å². The van der Waals surface area contributed by atoms with Crippen molar-refractivity contribution < 1.29 is 23.1 Å². The zero-order valence-corrected chi connectivity index (χ0v) is 20.4. The second-order valence-corrected chi connectivity index (χ2v) is 9.19. The van der Waals surface area contributed by atoms with E-state index in [0.29, 0.717) is 31.1 Å². The minimum absolute atomic E-state index is 0.235. The van der Waals surface area contributed by atoms with Crippen molar-refractivity contribution in [2.45, 2.75) is 38.0 Å². The molecule has 2 fully saturated rings. The molecule has 2 amide bonds. The van der Waals surface area contributed by atoms with Gasteiger partial charge in [-0.15, -0.1) is 0 Å². The van der Waals surface area contributed by atoms with Crippen molar-refractivity contribution in [3.63, 3.8) is 0 Å². The second kappa shape index (κ2) is 9.96. The normalized spacial score (nSPS) is 20.1. The zero-order valence-electron chi connectivity index (χ0n) is 20.4. The van der Waals surface area contributed by atoms with Gasteiger partial charge < -0.3 is 10.1 Å². The molecule has 5 rings (SSSR count). The molecule has 2 atom stereocenters. The Labute approximate surface area is 207 Å². The molecular formula is C24H29F2N7O3. The summed E-state index contributed by atoms with van der Waals surface area (Å²) >= 11 is 0. The van der Waals surface area contributed by atoms with E-state index in [1.807, 2.05) is 24.9 Å². The molecule has 0 unspecified atom stereocenters. The summed E-state index contributed by atoms with van der Waals surface area (Å²) in [6.45, 7) is 3.14. The van der Waals surface area contributed by atoms with Gasteiger partial charge >= 0.3 is 6.03 Å². The highest BCUT2D eigenvalue weighted by Gasteiger charge is 2.37. The summed E-state index contributed by atoms with van der Waals surface area (Å²) in [6.07, 6.45) is 4.92. The Hall–Kier alpha value is -3.35. The summed E-state index contributed by atoms with van der Waals surface area (Å²) in [4.78, 5) is 19.1. The predicted molar refractivity (Wildman–Crippen MR) is 127 cm³/mol. The number of nitrogens with zero attached hydrogens (tertiary/aromatic N) is 5. The number of hydroxylamine groups is 2.